The van der Waals surface area contributed by atoms with Gasteiger partial charge < -0.3 is 15.5 Å². The molecule has 2 fully saturated rings. The van der Waals surface area contributed by atoms with Crippen molar-refractivity contribution >= 4 is 27.6 Å². The van der Waals surface area contributed by atoms with Crippen molar-refractivity contribution in [1.82, 2.24) is 14.9 Å². The van der Waals surface area contributed by atoms with Gasteiger partial charge in [0.1, 0.15) is 22.4 Å². The molecule has 0 radical (unpaired) electrons. The van der Waals surface area contributed by atoms with Gasteiger partial charge in [0.05, 0.1) is 0 Å². The molecule has 0 aliphatic carbocycles. The van der Waals surface area contributed by atoms with Gasteiger partial charge in [0.2, 0.25) is 0 Å². The number of fused-ring (bicyclic) bond motifs is 1. The predicted molar refractivity (Wildman–Crippen MR) is 85.1 cm³/mol. The van der Waals surface area contributed by atoms with Crippen molar-refractivity contribution in [3.63, 3.8) is 0 Å². The molecule has 1 aromatic rings. The van der Waals surface area contributed by atoms with E-state index in [1.807, 2.05) is 0 Å². The quantitative estimate of drug-likeness (QED) is 0.883. The fraction of sp³-hybridized carbons (Fsp3) is 0.714. The standard InChI is InChI=1S/C14H22BrN5/c1-2-16-13-12(15)14(18-9-17-13)19-10-5-7-20-6-3-4-11(20)8-10/h9-11H,2-8H2,1H3,(H2,16,17,18,19). The minimum atomic E-state index is 0.523. The summed E-state index contributed by atoms with van der Waals surface area (Å²) in [6.07, 6.45) is 6.76. The highest BCUT2D eigenvalue weighted by Gasteiger charge is 2.31. The second kappa shape index (κ2) is 6.26. The summed E-state index contributed by atoms with van der Waals surface area (Å²) in [5, 5.41) is 6.84. The Bertz CT molecular complexity index is 467. The summed E-state index contributed by atoms with van der Waals surface area (Å²) in [6, 6.07) is 1.30. The van der Waals surface area contributed by atoms with Crippen LogP contribution in [0.25, 0.3) is 0 Å². The Morgan fingerprint density at radius 1 is 1.30 bits per heavy atom. The molecule has 2 atom stereocenters. The van der Waals surface area contributed by atoms with E-state index in [0.717, 1.165) is 28.7 Å². The van der Waals surface area contributed by atoms with E-state index in [-0.39, 0.29) is 0 Å². The van der Waals surface area contributed by atoms with Crippen LogP contribution in [0.15, 0.2) is 10.8 Å². The zero-order chi connectivity index (χ0) is 13.9. The maximum atomic E-state index is 4.38. The van der Waals surface area contributed by atoms with Gasteiger partial charge in [-0.15, -0.1) is 0 Å². The molecule has 2 saturated heterocycles. The van der Waals surface area contributed by atoms with Crippen LogP contribution in [0.5, 0.6) is 0 Å². The Kier molecular flexibility index (Phi) is 4.41. The third kappa shape index (κ3) is 2.91. The van der Waals surface area contributed by atoms with Crippen molar-refractivity contribution in [2.24, 2.45) is 0 Å². The zero-order valence-electron chi connectivity index (χ0n) is 11.9. The summed E-state index contributed by atoms with van der Waals surface area (Å²) in [6.45, 7) is 5.43. The second-order valence-corrected chi connectivity index (χ2v) is 6.41. The van der Waals surface area contributed by atoms with Crippen LogP contribution in [0.4, 0.5) is 11.6 Å². The Hall–Kier alpha value is -0.880. The fourth-order valence-corrected chi connectivity index (χ4v) is 3.77. The molecule has 5 nitrogen and oxygen atoms in total. The minimum absolute atomic E-state index is 0.523. The van der Waals surface area contributed by atoms with Crippen LogP contribution in [-0.4, -0.2) is 46.6 Å². The van der Waals surface area contributed by atoms with Crippen LogP contribution in [0.3, 0.4) is 0 Å². The number of aromatic nitrogens is 2. The van der Waals surface area contributed by atoms with E-state index in [9.17, 15) is 0 Å². The Labute approximate surface area is 128 Å². The van der Waals surface area contributed by atoms with Gasteiger partial charge in [0.25, 0.3) is 0 Å². The van der Waals surface area contributed by atoms with E-state index in [2.05, 4.69) is 48.4 Å². The molecule has 6 heteroatoms. The van der Waals surface area contributed by atoms with E-state index in [1.165, 1.54) is 38.8 Å². The number of nitrogens with one attached hydrogen (secondary N) is 2. The monoisotopic (exact) mass is 339 g/mol. The Balaban J connectivity index is 1.67. The van der Waals surface area contributed by atoms with Crippen LogP contribution >= 0.6 is 15.9 Å². The molecular formula is C14H22BrN5. The summed E-state index contributed by atoms with van der Waals surface area (Å²) < 4.78 is 0.940. The van der Waals surface area contributed by atoms with Crippen LogP contribution in [0, 0.1) is 0 Å². The number of hydrogen-bond acceptors (Lipinski definition) is 5. The second-order valence-electron chi connectivity index (χ2n) is 5.61. The molecule has 2 aliphatic rings. The smallest absolute Gasteiger partial charge is 0.146 e. The maximum absolute atomic E-state index is 4.38. The first-order valence-corrected chi connectivity index (χ1v) is 8.32. The average Bonchev–Trinajstić information content (AvgIpc) is 2.91. The van der Waals surface area contributed by atoms with Gasteiger partial charge in [-0.3, -0.25) is 0 Å². The lowest BCUT2D eigenvalue weighted by Gasteiger charge is -2.35. The fourth-order valence-electron chi connectivity index (χ4n) is 3.31. The molecule has 2 N–H and O–H groups in total. The number of halogens is 1. The van der Waals surface area contributed by atoms with Gasteiger partial charge in [-0.1, -0.05) is 0 Å². The molecule has 0 aromatic carbocycles. The molecular weight excluding hydrogens is 318 g/mol. The van der Waals surface area contributed by atoms with Crippen molar-refractivity contribution in [1.29, 1.82) is 0 Å². The van der Waals surface area contributed by atoms with E-state index in [1.54, 1.807) is 6.33 Å². The number of nitrogens with zero attached hydrogens (tertiary/aromatic N) is 3. The van der Waals surface area contributed by atoms with Gasteiger partial charge in [-0.25, -0.2) is 9.97 Å². The molecule has 3 heterocycles. The molecule has 0 spiro atoms. The van der Waals surface area contributed by atoms with Crippen molar-refractivity contribution in [3.05, 3.63) is 10.8 Å². The number of anilines is 2. The zero-order valence-corrected chi connectivity index (χ0v) is 13.5. The van der Waals surface area contributed by atoms with Gasteiger partial charge in [0.15, 0.2) is 0 Å². The molecule has 110 valence electrons. The number of piperidine rings is 1. The van der Waals surface area contributed by atoms with E-state index >= 15 is 0 Å². The van der Waals surface area contributed by atoms with Gasteiger partial charge in [0, 0.05) is 25.2 Å². The lowest BCUT2D eigenvalue weighted by molar-refractivity contribution is 0.188. The highest BCUT2D eigenvalue weighted by Crippen LogP contribution is 2.31. The molecule has 3 rings (SSSR count). The lowest BCUT2D eigenvalue weighted by Crippen LogP contribution is -2.42. The van der Waals surface area contributed by atoms with Gasteiger partial charge in [-0.05, 0) is 55.1 Å². The van der Waals surface area contributed by atoms with Gasteiger partial charge >= 0.3 is 0 Å². The molecule has 2 aliphatic heterocycles. The molecule has 20 heavy (non-hydrogen) atoms. The summed E-state index contributed by atoms with van der Waals surface area (Å²) in [4.78, 5) is 11.3. The first-order valence-electron chi connectivity index (χ1n) is 7.53. The normalized spacial score (nSPS) is 26.3. The van der Waals surface area contributed by atoms with Crippen LogP contribution < -0.4 is 10.6 Å². The lowest BCUT2D eigenvalue weighted by atomic mass is 9.97. The van der Waals surface area contributed by atoms with E-state index in [0.29, 0.717) is 6.04 Å². The molecule has 0 bridgehead atoms. The van der Waals surface area contributed by atoms with E-state index < -0.39 is 0 Å². The Morgan fingerprint density at radius 2 is 2.15 bits per heavy atom. The average molecular weight is 340 g/mol. The molecule has 0 saturated carbocycles. The maximum Gasteiger partial charge on any atom is 0.146 e. The van der Waals surface area contributed by atoms with Crippen LogP contribution in [0.1, 0.15) is 32.6 Å². The first kappa shape index (κ1) is 14.1. The first-order chi connectivity index (χ1) is 9.78. The summed E-state index contributed by atoms with van der Waals surface area (Å²) in [5.74, 6) is 1.77. The number of rotatable bonds is 4. The highest BCUT2D eigenvalue weighted by atomic mass is 79.9. The summed E-state index contributed by atoms with van der Waals surface area (Å²) in [7, 11) is 0. The third-order valence-electron chi connectivity index (χ3n) is 4.29. The number of hydrogen-bond donors (Lipinski definition) is 2. The van der Waals surface area contributed by atoms with Crippen molar-refractivity contribution in [2.45, 2.75) is 44.7 Å². The van der Waals surface area contributed by atoms with Gasteiger partial charge in [-0.2, -0.15) is 0 Å². The van der Waals surface area contributed by atoms with Crippen LogP contribution in [-0.2, 0) is 0 Å². The minimum Gasteiger partial charge on any atom is -0.369 e. The molecule has 2 unspecified atom stereocenters. The Morgan fingerprint density at radius 3 is 3.00 bits per heavy atom. The SMILES string of the molecule is CCNc1ncnc(NC2CCN3CCCC3C2)c1Br. The van der Waals surface area contributed by atoms with Crippen LogP contribution in [0.2, 0.25) is 0 Å². The largest absolute Gasteiger partial charge is 0.369 e. The van der Waals surface area contributed by atoms with Crippen molar-refractivity contribution < 1.29 is 0 Å². The predicted octanol–water partition coefficient (Wildman–Crippen LogP) is 2.71. The summed E-state index contributed by atoms with van der Waals surface area (Å²) in [5.41, 5.74) is 0. The molecule has 0 amide bonds. The van der Waals surface area contributed by atoms with Crippen molar-refractivity contribution in [2.75, 3.05) is 30.3 Å². The molecule has 1 aromatic heterocycles. The summed E-state index contributed by atoms with van der Waals surface area (Å²) >= 11 is 3.61. The topological polar surface area (TPSA) is 53.1 Å². The van der Waals surface area contributed by atoms with E-state index in [4.69, 9.17) is 0 Å². The van der Waals surface area contributed by atoms with Crippen molar-refractivity contribution in [3.8, 4) is 0 Å². The highest BCUT2D eigenvalue weighted by molar-refractivity contribution is 9.10. The third-order valence-corrected chi connectivity index (χ3v) is 5.05.